The van der Waals surface area contributed by atoms with Crippen molar-refractivity contribution < 1.29 is 9.59 Å². The van der Waals surface area contributed by atoms with Crippen molar-refractivity contribution in [3.05, 3.63) is 63.1 Å². The van der Waals surface area contributed by atoms with E-state index in [1.54, 1.807) is 24.3 Å². The number of amidine groups is 1. The van der Waals surface area contributed by atoms with Crippen LogP contribution in [0.2, 0.25) is 10.0 Å². The number of rotatable bonds is 5. The maximum Gasteiger partial charge on any atom is 0.260 e. The third-order valence-electron chi connectivity index (χ3n) is 4.09. The quantitative estimate of drug-likeness (QED) is 0.715. The molecule has 3 N–H and O–H groups in total. The predicted octanol–water partition coefficient (Wildman–Crippen LogP) is 3.12. The first-order valence-electron chi connectivity index (χ1n) is 8.42. The Balaban J connectivity index is 1.66. The molecule has 0 aliphatic carbocycles. The highest BCUT2D eigenvalue weighted by Gasteiger charge is 2.14. The smallest absolute Gasteiger partial charge is 0.260 e. The van der Waals surface area contributed by atoms with Crippen LogP contribution >= 0.6 is 23.2 Å². The van der Waals surface area contributed by atoms with Crippen molar-refractivity contribution in [2.75, 3.05) is 11.9 Å². The molecule has 0 atom stereocenters. The van der Waals surface area contributed by atoms with E-state index in [1.807, 2.05) is 19.1 Å². The Kier molecular flexibility index (Phi) is 5.98. The summed E-state index contributed by atoms with van der Waals surface area (Å²) in [6.45, 7) is 2.10. The molecule has 2 amide bonds. The molecule has 1 aliphatic heterocycles. The van der Waals surface area contributed by atoms with Crippen molar-refractivity contribution in [3.63, 3.8) is 0 Å². The van der Waals surface area contributed by atoms with E-state index in [9.17, 15) is 9.59 Å². The Bertz CT molecular complexity index is 887. The average molecular weight is 405 g/mol. The summed E-state index contributed by atoms with van der Waals surface area (Å²) >= 11 is 12.5. The summed E-state index contributed by atoms with van der Waals surface area (Å²) in [7, 11) is 0. The van der Waals surface area contributed by atoms with Crippen LogP contribution in [0.3, 0.4) is 0 Å². The summed E-state index contributed by atoms with van der Waals surface area (Å²) in [5.74, 6) is 0.171. The maximum atomic E-state index is 12.4. The Morgan fingerprint density at radius 2 is 1.81 bits per heavy atom. The van der Waals surface area contributed by atoms with Crippen LogP contribution in [0.15, 0.2) is 41.4 Å². The van der Waals surface area contributed by atoms with Crippen LogP contribution in [0.1, 0.15) is 23.6 Å². The van der Waals surface area contributed by atoms with Gasteiger partial charge in [0, 0.05) is 21.3 Å². The minimum atomic E-state index is -0.212. The largest absolute Gasteiger partial charge is 0.326 e. The van der Waals surface area contributed by atoms with Crippen molar-refractivity contribution in [2.45, 2.75) is 19.8 Å². The molecule has 0 spiro atoms. The lowest BCUT2D eigenvalue weighted by atomic mass is 10.1. The average Bonchev–Trinajstić information content (AvgIpc) is 2.66. The number of benzene rings is 2. The molecule has 0 saturated heterocycles. The topological polar surface area (TPSA) is 82.6 Å². The number of anilines is 1. The molecular formula is C19H18Cl2N4O2. The molecule has 0 radical (unpaired) electrons. The first kappa shape index (κ1) is 19.2. The van der Waals surface area contributed by atoms with E-state index in [1.165, 1.54) is 0 Å². The SMILES string of the molecule is CCc1cc(Cl)c(CC(=O)Nc2ccc(C3=NCC(=O)NN3)cc2)c(Cl)c1. The summed E-state index contributed by atoms with van der Waals surface area (Å²) in [4.78, 5) is 27.6. The van der Waals surface area contributed by atoms with E-state index in [4.69, 9.17) is 23.2 Å². The Morgan fingerprint density at radius 3 is 2.37 bits per heavy atom. The minimum absolute atomic E-state index is 0.0825. The lowest BCUT2D eigenvalue weighted by molar-refractivity contribution is -0.120. The van der Waals surface area contributed by atoms with Gasteiger partial charge in [0.05, 0.1) is 6.42 Å². The normalized spacial score (nSPS) is 13.4. The fourth-order valence-corrected chi connectivity index (χ4v) is 3.29. The van der Waals surface area contributed by atoms with Gasteiger partial charge in [0.1, 0.15) is 12.4 Å². The number of aryl methyl sites for hydroxylation is 1. The number of nitrogens with zero attached hydrogens (tertiary/aromatic N) is 1. The van der Waals surface area contributed by atoms with Crippen molar-refractivity contribution in [1.29, 1.82) is 0 Å². The Morgan fingerprint density at radius 1 is 1.15 bits per heavy atom. The van der Waals surface area contributed by atoms with Gasteiger partial charge < -0.3 is 5.32 Å². The van der Waals surface area contributed by atoms with Crippen molar-refractivity contribution in [2.24, 2.45) is 4.99 Å². The lowest BCUT2D eigenvalue weighted by Gasteiger charge is -2.16. The van der Waals surface area contributed by atoms with E-state index < -0.39 is 0 Å². The second-order valence-corrected chi connectivity index (χ2v) is 6.85. The molecular weight excluding hydrogens is 387 g/mol. The van der Waals surface area contributed by atoms with Gasteiger partial charge in [-0.15, -0.1) is 0 Å². The van der Waals surface area contributed by atoms with Gasteiger partial charge in [0.25, 0.3) is 5.91 Å². The van der Waals surface area contributed by atoms with Crippen LogP contribution in [-0.4, -0.2) is 24.2 Å². The number of hydrazine groups is 1. The van der Waals surface area contributed by atoms with Crippen LogP contribution in [0.5, 0.6) is 0 Å². The predicted molar refractivity (Wildman–Crippen MR) is 107 cm³/mol. The van der Waals surface area contributed by atoms with Gasteiger partial charge in [-0.2, -0.15) is 0 Å². The number of hydrogen-bond donors (Lipinski definition) is 3. The lowest BCUT2D eigenvalue weighted by Crippen LogP contribution is -2.47. The fraction of sp³-hybridized carbons (Fsp3) is 0.211. The summed E-state index contributed by atoms with van der Waals surface area (Å²) in [5, 5.41) is 3.81. The molecule has 2 aromatic rings. The van der Waals surface area contributed by atoms with Gasteiger partial charge in [0.2, 0.25) is 5.91 Å². The van der Waals surface area contributed by atoms with Crippen LogP contribution in [0.25, 0.3) is 0 Å². The number of aliphatic imine (C=N–C) groups is 1. The second-order valence-electron chi connectivity index (χ2n) is 6.03. The fourth-order valence-electron chi connectivity index (χ4n) is 2.63. The Labute approximate surface area is 166 Å². The molecule has 1 heterocycles. The Hall–Kier alpha value is -2.57. The molecule has 0 bridgehead atoms. The van der Waals surface area contributed by atoms with Crippen molar-refractivity contribution >= 4 is 46.5 Å². The zero-order valence-corrected chi connectivity index (χ0v) is 16.1. The maximum absolute atomic E-state index is 12.4. The van der Waals surface area contributed by atoms with E-state index in [-0.39, 0.29) is 24.8 Å². The third-order valence-corrected chi connectivity index (χ3v) is 4.76. The summed E-state index contributed by atoms with van der Waals surface area (Å²) in [6, 6.07) is 10.8. The van der Waals surface area contributed by atoms with Gasteiger partial charge in [-0.1, -0.05) is 30.1 Å². The minimum Gasteiger partial charge on any atom is -0.326 e. The summed E-state index contributed by atoms with van der Waals surface area (Å²) in [6.07, 6.45) is 0.909. The molecule has 0 aromatic heterocycles. The molecule has 6 nitrogen and oxygen atoms in total. The molecule has 0 fully saturated rings. The van der Waals surface area contributed by atoms with E-state index in [0.717, 1.165) is 17.5 Å². The zero-order chi connectivity index (χ0) is 19.4. The van der Waals surface area contributed by atoms with Crippen molar-refractivity contribution in [1.82, 2.24) is 10.9 Å². The molecule has 8 heteroatoms. The standard InChI is InChI=1S/C19H18Cl2N4O2/c1-2-11-7-15(20)14(16(21)8-11)9-17(26)23-13-5-3-12(4-6-13)19-22-10-18(27)24-25-19/h3-8H,2,9-10H2,1H3,(H,22,25)(H,23,26)(H,24,27). The summed E-state index contributed by atoms with van der Waals surface area (Å²) in [5.41, 5.74) is 8.32. The van der Waals surface area contributed by atoms with Crippen LogP contribution in [-0.2, 0) is 22.4 Å². The van der Waals surface area contributed by atoms with Crippen LogP contribution < -0.4 is 16.2 Å². The van der Waals surface area contributed by atoms with Gasteiger partial charge in [-0.05, 0) is 53.9 Å². The van der Waals surface area contributed by atoms with Crippen LogP contribution in [0.4, 0.5) is 5.69 Å². The molecule has 0 saturated carbocycles. The number of carbonyl (C=O) groups excluding carboxylic acids is 2. The number of amides is 2. The molecule has 2 aromatic carbocycles. The third kappa shape index (κ3) is 4.78. The molecule has 140 valence electrons. The molecule has 27 heavy (non-hydrogen) atoms. The van der Waals surface area contributed by atoms with Gasteiger partial charge >= 0.3 is 0 Å². The number of hydrogen-bond acceptors (Lipinski definition) is 4. The monoisotopic (exact) mass is 404 g/mol. The second kappa shape index (κ2) is 8.41. The number of nitrogens with one attached hydrogen (secondary N) is 3. The van der Waals surface area contributed by atoms with E-state index in [0.29, 0.717) is 27.1 Å². The van der Waals surface area contributed by atoms with Gasteiger partial charge in [0.15, 0.2) is 0 Å². The van der Waals surface area contributed by atoms with Gasteiger partial charge in [-0.3, -0.25) is 25.4 Å². The highest BCUT2D eigenvalue weighted by molar-refractivity contribution is 6.36. The molecule has 1 aliphatic rings. The molecule has 0 unspecified atom stereocenters. The summed E-state index contributed by atoms with van der Waals surface area (Å²) < 4.78 is 0. The van der Waals surface area contributed by atoms with Crippen molar-refractivity contribution in [3.8, 4) is 0 Å². The first-order chi connectivity index (χ1) is 13.0. The first-order valence-corrected chi connectivity index (χ1v) is 9.18. The number of carbonyl (C=O) groups is 2. The highest BCUT2D eigenvalue weighted by atomic mass is 35.5. The number of halogens is 2. The highest BCUT2D eigenvalue weighted by Crippen LogP contribution is 2.27. The van der Waals surface area contributed by atoms with E-state index in [2.05, 4.69) is 21.2 Å². The zero-order valence-electron chi connectivity index (χ0n) is 14.6. The van der Waals surface area contributed by atoms with Gasteiger partial charge in [-0.25, -0.2) is 0 Å². The van der Waals surface area contributed by atoms with Crippen LogP contribution in [0, 0.1) is 0 Å². The van der Waals surface area contributed by atoms with E-state index >= 15 is 0 Å². The molecule has 3 rings (SSSR count).